The maximum Gasteiger partial charge on any atom is 0.416 e. The van der Waals surface area contributed by atoms with E-state index < -0.39 is 58.8 Å². The van der Waals surface area contributed by atoms with Crippen LogP contribution in [0.4, 0.5) is 23.4 Å². The Morgan fingerprint density at radius 3 is 2.19 bits per heavy atom. The van der Waals surface area contributed by atoms with Crippen LogP contribution < -0.4 is 16.4 Å². The topological polar surface area (TPSA) is 149 Å². The molecule has 1 aliphatic heterocycles. The van der Waals surface area contributed by atoms with Gasteiger partial charge in [0.2, 0.25) is 11.8 Å². The maximum atomic E-state index is 14.1. The summed E-state index contributed by atoms with van der Waals surface area (Å²) in [7, 11) is 0. The minimum Gasteiger partial charge on any atom is -0.374 e. The van der Waals surface area contributed by atoms with E-state index in [0.717, 1.165) is 17.7 Å². The van der Waals surface area contributed by atoms with Crippen LogP contribution >= 0.6 is 0 Å². The van der Waals surface area contributed by atoms with Crippen molar-refractivity contribution in [1.82, 2.24) is 19.8 Å². The van der Waals surface area contributed by atoms with Crippen molar-refractivity contribution in [2.75, 3.05) is 25.0 Å². The number of benzene rings is 3. The first-order valence-corrected chi connectivity index (χ1v) is 16.9. The number of Topliss-reactive ketones (excluding diaryl/α,β-unsaturated/α-hetero) is 1. The third-order valence-corrected chi connectivity index (χ3v) is 8.85. The number of halogens is 4. The number of alkyl halides is 3. The van der Waals surface area contributed by atoms with Gasteiger partial charge in [0.1, 0.15) is 17.9 Å². The molecule has 53 heavy (non-hydrogen) atoms. The Balaban J connectivity index is 1.33. The smallest absolute Gasteiger partial charge is 0.374 e. The molecule has 1 aliphatic rings. The predicted molar refractivity (Wildman–Crippen MR) is 187 cm³/mol. The van der Waals surface area contributed by atoms with Crippen LogP contribution in [0, 0.1) is 11.7 Å². The number of likely N-dealkylation sites (tertiary alicyclic amines) is 1. The second kappa shape index (κ2) is 16.5. The molecule has 2 heterocycles. The van der Waals surface area contributed by atoms with Gasteiger partial charge >= 0.3 is 6.18 Å². The maximum absolute atomic E-state index is 14.1. The van der Waals surface area contributed by atoms with Gasteiger partial charge in [0.05, 0.1) is 30.6 Å². The minimum absolute atomic E-state index is 0.00219. The lowest BCUT2D eigenvalue weighted by molar-refractivity contribution is -0.137. The number of imidazole rings is 1. The highest BCUT2D eigenvalue weighted by Crippen LogP contribution is 2.32. The van der Waals surface area contributed by atoms with E-state index in [4.69, 9.17) is 10.5 Å². The largest absolute Gasteiger partial charge is 0.416 e. The van der Waals surface area contributed by atoms with E-state index in [-0.39, 0.29) is 43.5 Å². The zero-order valence-corrected chi connectivity index (χ0v) is 29.1. The van der Waals surface area contributed by atoms with Gasteiger partial charge in [0.25, 0.3) is 5.91 Å². The molecule has 0 radical (unpaired) electrons. The van der Waals surface area contributed by atoms with E-state index in [1.807, 2.05) is 30.3 Å². The fraction of sp³-hybridized carbons (Fsp3) is 0.342. The molecule has 0 bridgehead atoms. The average molecular weight is 737 g/mol. The number of carbonyl (C=O) groups is 4. The minimum atomic E-state index is -4.60. The second-order valence-electron chi connectivity index (χ2n) is 13.4. The number of ether oxygens (including phenoxy) is 1. The summed E-state index contributed by atoms with van der Waals surface area (Å²) < 4.78 is 60.7. The molecule has 5 rings (SSSR count). The molecule has 4 aromatic rings. The van der Waals surface area contributed by atoms with Gasteiger partial charge in [-0.1, -0.05) is 42.5 Å². The highest BCUT2D eigenvalue weighted by molar-refractivity contribution is 5.99. The van der Waals surface area contributed by atoms with Gasteiger partial charge in [0, 0.05) is 30.8 Å². The normalized spacial score (nSPS) is 15.0. The van der Waals surface area contributed by atoms with Crippen LogP contribution in [0.1, 0.15) is 59.8 Å². The van der Waals surface area contributed by atoms with Crippen molar-refractivity contribution in [3.8, 4) is 0 Å². The van der Waals surface area contributed by atoms with Crippen molar-refractivity contribution in [3.63, 3.8) is 0 Å². The van der Waals surface area contributed by atoms with E-state index in [1.54, 1.807) is 0 Å². The molecule has 11 nitrogen and oxygen atoms in total. The Morgan fingerprint density at radius 1 is 0.943 bits per heavy atom. The van der Waals surface area contributed by atoms with Crippen molar-refractivity contribution >= 4 is 29.3 Å². The number of hydrogen-bond donors (Lipinski definition) is 3. The molecule has 1 aromatic heterocycles. The number of aromatic nitrogens is 2. The number of hydrogen-bond acceptors (Lipinski definition) is 7. The monoisotopic (exact) mass is 736 g/mol. The van der Waals surface area contributed by atoms with E-state index in [1.165, 1.54) is 72.2 Å². The van der Waals surface area contributed by atoms with Crippen LogP contribution in [0.15, 0.2) is 91.4 Å². The Bertz CT molecular complexity index is 1890. The standard InChI is InChI=1S/C38H40F4N6O5/c1-37(2,43)36(52)45-30(22-53-21-24-6-4-3-5-7-24)34(50)46-31-20-48(23-44-31)32(25-8-12-28(13-9-25)38(40,41)42)35(51)47-18-16-27(17-19-47)33(49)26-10-14-29(39)15-11-26/h3-15,20,23,27,30,32H,16-19,21-22,43H2,1-2H3,(H,45,52)(H,46,50). The van der Waals surface area contributed by atoms with Crippen LogP contribution in [-0.2, 0) is 31.9 Å². The predicted octanol–water partition coefficient (Wildman–Crippen LogP) is 5.13. The Hall–Kier alpha value is -5.41. The summed E-state index contributed by atoms with van der Waals surface area (Å²) in [5.74, 6) is -2.79. The fourth-order valence-corrected chi connectivity index (χ4v) is 5.83. The number of nitrogens with two attached hydrogens (primary N) is 1. The van der Waals surface area contributed by atoms with Gasteiger partial charge in [-0.3, -0.25) is 19.2 Å². The summed E-state index contributed by atoms with van der Waals surface area (Å²) in [5.41, 5.74) is 5.18. The number of piperidine rings is 1. The zero-order valence-electron chi connectivity index (χ0n) is 29.1. The number of amides is 3. The lowest BCUT2D eigenvalue weighted by atomic mass is 9.88. The van der Waals surface area contributed by atoms with E-state index in [0.29, 0.717) is 18.4 Å². The average Bonchev–Trinajstić information content (AvgIpc) is 3.58. The molecule has 2 unspecified atom stereocenters. The van der Waals surface area contributed by atoms with Gasteiger partial charge in [-0.25, -0.2) is 9.37 Å². The first-order chi connectivity index (χ1) is 25.1. The Kier molecular flexibility index (Phi) is 12.1. The van der Waals surface area contributed by atoms with Crippen molar-refractivity contribution in [3.05, 3.63) is 119 Å². The molecule has 3 amide bonds. The highest BCUT2D eigenvalue weighted by Gasteiger charge is 2.35. The fourth-order valence-electron chi connectivity index (χ4n) is 5.83. The van der Waals surface area contributed by atoms with Gasteiger partial charge in [0.15, 0.2) is 11.6 Å². The van der Waals surface area contributed by atoms with Gasteiger partial charge in [-0.15, -0.1) is 0 Å². The summed E-state index contributed by atoms with van der Waals surface area (Å²) in [6.07, 6.45) is -1.32. The zero-order chi connectivity index (χ0) is 38.3. The van der Waals surface area contributed by atoms with Gasteiger partial charge < -0.3 is 30.6 Å². The van der Waals surface area contributed by atoms with Gasteiger partial charge in [-0.2, -0.15) is 13.2 Å². The molecule has 4 N–H and O–H groups in total. The van der Waals surface area contributed by atoms with Crippen molar-refractivity contribution in [2.45, 2.75) is 57.1 Å². The number of nitrogens with zero attached hydrogens (tertiary/aromatic N) is 3. The van der Waals surface area contributed by atoms with E-state index >= 15 is 0 Å². The van der Waals surface area contributed by atoms with Crippen molar-refractivity contribution < 1.29 is 41.5 Å². The molecule has 1 saturated heterocycles. The van der Waals surface area contributed by atoms with Crippen molar-refractivity contribution in [1.29, 1.82) is 0 Å². The molecular weight excluding hydrogens is 696 g/mol. The quantitative estimate of drug-likeness (QED) is 0.127. The summed E-state index contributed by atoms with van der Waals surface area (Å²) in [5, 5.41) is 5.21. The molecule has 0 saturated carbocycles. The lowest BCUT2D eigenvalue weighted by Crippen LogP contribution is -2.56. The number of nitrogens with one attached hydrogen (secondary N) is 2. The van der Waals surface area contributed by atoms with Crippen LogP contribution in [0.3, 0.4) is 0 Å². The number of carbonyl (C=O) groups excluding carboxylic acids is 4. The molecule has 0 spiro atoms. The molecule has 15 heteroatoms. The Labute approximate surface area is 303 Å². The molecule has 2 atom stereocenters. The summed E-state index contributed by atoms with van der Waals surface area (Å²) in [6.45, 7) is 3.29. The van der Waals surface area contributed by atoms with Crippen LogP contribution in [0.5, 0.6) is 0 Å². The van der Waals surface area contributed by atoms with Crippen LogP contribution in [-0.4, -0.2) is 69.2 Å². The third kappa shape index (κ3) is 10.1. The molecule has 280 valence electrons. The Morgan fingerprint density at radius 2 is 1.58 bits per heavy atom. The van der Waals surface area contributed by atoms with E-state index in [2.05, 4.69) is 15.6 Å². The lowest BCUT2D eigenvalue weighted by Gasteiger charge is -2.34. The number of ketones is 1. The number of rotatable bonds is 13. The van der Waals surface area contributed by atoms with Crippen molar-refractivity contribution in [2.24, 2.45) is 11.7 Å². The van der Waals surface area contributed by atoms with E-state index in [9.17, 15) is 36.7 Å². The summed E-state index contributed by atoms with van der Waals surface area (Å²) in [4.78, 5) is 59.1. The van der Waals surface area contributed by atoms with Gasteiger partial charge in [-0.05, 0) is 74.2 Å². The highest BCUT2D eigenvalue weighted by atomic mass is 19.4. The molecular formula is C38H40F4N6O5. The van der Waals surface area contributed by atoms with Crippen LogP contribution in [0.25, 0.3) is 0 Å². The third-order valence-electron chi connectivity index (χ3n) is 8.85. The summed E-state index contributed by atoms with van der Waals surface area (Å²) in [6, 6.07) is 16.2. The molecule has 3 aromatic carbocycles. The first kappa shape index (κ1) is 38.8. The summed E-state index contributed by atoms with van der Waals surface area (Å²) >= 11 is 0. The SMILES string of the molecule is CC(C)(N)C(=O)NC(COCc1ccccc1)C(=O)Nc1cn(C(C(=O)N2CCC(C(=O)c3ccc(F)cc3)CC2)c2ccc(C(F)(F)F)cc2)cn1. The van der Waals surface area contributed by atoms with Crippen LogP contribution in [0.2, 0.25) is 0 Å². The first-order valence-electron chi connectivity index (χ1n) is 16.9. The second-order valence-corrected chi connectivity index (χ2v) is 13.4. The molecule has 1 fully saturated rings. The number of anilines is 1. The molecule has 0 aliphatic carbocycles.